The molecule has 2 unspecified atom stereocenters. The lowest BCUT2D eigenvalue weighted by molar-refractivity contribution is 0.0818. The zero-order valence-electron chi connectivity index (χ0n) is 10.3. The Kier molecular flexibility index (Phi) is 4.67. The van der Waals surface area contributed by atoms with Gasteiger partial charge in [-0.3, -0.25) is 4.90 Å². The van der Waals surface area contributed by atoms with E-state index in [2.05, 4.69) is 0 Å². The molecule has 106 valence electrons. The number of aliphatic hydroxyl groups excluding tert-OH is 1. The van der Waals surface area contributed by atoms with Crippen molar-refractivity contribution < 1.29 is 17.9 Å². The van der Waals surface area contributed by atoms with Gasteiger partial charge in [0.25, 0.3) is 0 Å². The smallest absolute Gasteiger partial charge is 0.154 e. The van der Waals surface area contributed by atoms with Crippen molar-refractivity contribution in [1.82, 2.24) is 4.90 Å². The standard InChI is InChI=1S/C12H16ClNO4S/c13-4-2-5-14(7-10-3-1-6-18-10)11-8-19(16,17)9-12(11)15/h1-4,6,11-12,15H,5,7-9H2/b4-2+. The predicted octanol–water partition coefficient (Wildman–Crippen LogP) is 0.992. The van der Waals surface area contributed by atoms with Gasteiger partial charge in [0.05, 0.1) is 36.5 Å². The Morgan fingerprint density at radius 2 is 2.32 bits per heavy atom. The lowest BCUT2D eigenvalue weighted by Gasteiger charge is -2.28. The summed E-state index contributed by atoms with van der Waals surface area (Å²) in [7, 11) is -3.17. The van der Waals surface area contributed by atoms with Crippen molar-refractivity contribution in [1.29, 1.82) is 0 Å². The number of halogens is 1. The average Bonchev–Trinajstić information content (AvgIpc) is 2.92. The van der Waals surface area contributed by atoms with Crippen molar-refractivity contribution in [3.63, 3.8) is 0 Å². The Bertz CT molecular complexity index is 526. The molecule has 5 nitrogen and oxygen atoms in total. The van der Waals surface area contributed by atoms with Gasteiger partial charge in [0.2, 0.25) is 0 Å². The van der Waals surface area contributed by atoms with Gasteiger partial charge in [0.1, 0.15) is 5.76 Å². The molecule has 1 aliphatic rings. The molecule has 0 aliphatic carbocycles. The molecule has 0 spiro atoms. The highest BCUT2D eigenvalue weighted by molar-refractivity contribution is 7.91. The Hall–Kier alpha value is -0.820. The second kappa shape index (κ2) is 6.09. The van der Waals surface area contributed by atoms with Crippen LogP contribution in [0.2, 0.25) is 0 Å². The van der Waals surface area contributed by atoms with Crippen molar-refractivity contribution in [3.8, 4) is 0 Å². The molecule has 7 heteroatoms. The lowest BCUT2D eigenvalue weighted by atomic mass is 10.1. The summed E-state index contributed by atoms with van der Waals surface area (Å²) in [6.45, 7) is 0.896. The highest BCUT2D eigenvalue weighted by atomic mass is 35.5. The molecule has 1 aliphatic heterocycles. The first-order valence-electron chi connectivity index (χ1n) is 5.92. The molecule has 1 aromatic heterocycles. The van der Waals surface area contributed by atoms with Crippen LogP contribution in [0.25, 0.3) is 0 Å². The summed E-state index contributed by atoms with van der Waals surface area (Å²) in [5.74, 6) is 0.501. The summed E-state index contributed by atoms with van der Waals surface area (Å²) in [5.41, 5.74) is 1.38. The maximum atomic E-state index is 11.6. The average molecular weight is 306 g/mol. The van der Waals surface area contributed by atoms with Crippen LogP contribution in [0.3, 0.4) is 0 Å². The topological polar surface area (TPSA) is 70.8 Å². The third-order valence-corrected chi connectivity index (χ3v) is 5.01. The van der Waals surface area contributed by atoms with Crippen molar-refractivity contribution in [2.45, 2.75) is 18.7 Å². The van der Waals surface area contributed by atoms with Crippen LogP contribution in [-0.2, 0) is 16.4 Å². The van der Waals surface area contributed by atoms with E-state index in [9.17, 15) is 13.5 Å². The van der Waals surface area contributed by atoms with Crippen LogP contribution in [0.15, 0.2) is 34.4 Å². The van der Waals surface area contributed by atoms with Gasteiger partial charge in [-0.15, -0.1) is 0 Å². The molecule has 1 aromatic rings. The second-order valence-electron chi connectivity index (χ2n) is 4.58. The molecular weight excluding hydrogens is 290 g/mol. The summed E-state index contributed by atoms with van der Waals surface area (Å²) in [5, 5.41) is 9.91. The van der Waals surface area contributed by atoms with Crippen molar-refractivity contribution in [3.05, 3.63) is 35.8 Å². The van der Waals surface area contributed by atoms with E-state index in [4.69, 9.17) is 16.0 Å². The molecule has 2 atom stereocenters. The fraction of sp³-hybridized carbons (Fsp3) is 0.500. The van der Waals surface area contributed by atoms with Gasteiger partial charge in [-0.1, -0.05) is 17.7 Å². The van der Waals surface area contributed by atoms with Gasteiger partial charge in [-0.05, 0) is 12.1 Å². The summed E-state index contributed by atoms with van der Waals surface area (Å²) in [6.07, 6.45) is 2.40. The summed E-state index contributed by atoms with van der Waals surface area (Å²) >= 11 is 5.52. The number of hydrogen-bond acceptors (Lipinski definition) is 5. The SMILES string of the molecule is O=S1(=O)CC(O)C(N(C/C=C/Cl)Cc2ccco2)C1. The van der Waals surface area contributed by atoms with E-state index in [1.807, 2.05) is 11.0 Å². The quantitative estimate of drug-likeness (QED) is 0.878. The van der Waals surface area contributed by atoms with E-state index in [0.29, 0.717) is 13.1 Å². The third kappa shape index (κ3) is 3.82. The summed E-state index contributed by atoms with van der Waals surface area (Å²) < 4.78 is 28.4. The fourth-order valence-electron chi connectivity index (χ4n) is 2.25. The number of hydrogen-bond donors (Lipinski definition) is 1. The minimum Gasteiger partial charge on any atom is -0.468 e. The monoisotopic (exact) mass is 305 g/mol. The fourth-order valence-corrected chi connectivity index (χ4v) is 4.17. The van der Waals surface area contributed by atoms with Gasteiger partial charge >= 0.3 is 0 Å². The molecule has 0 aromatic carbocycles. The highest BCUT2D eigenvalue weighted by Crippen LogP contribution is 2.20. The van der Waals surface area contributed by atoms with E-state index in [-0.39, 0.29) is 11.5 Å². The van der Waals surface area contributed by atoms with Gasteiger partial charge in [-0.25, -0.2) is 8.42 Å². The van der Waals surface area contributed by atoms with E-state index in [0.717, 1.165) is 5.76 Å². The van der Waals surface area contributed by atoms with Crippen LogP contribution in [0.5, 0.6) is 0 Å². The first-order valence-corrected chi connectivity index (χ1v) is 8.18. The molecule has 0 saturated carbocycles. The molecule has 0 bridgehead atoms. The van der Waals surface area contributed by atoms with Crippen molar-refractivity contribution >= 4 is 21.4 Å². The van der Waals surface area contributed by atoms with Crippen molar-refractivity contribution in [2.24, 2.45) is 0 Å². The van der Waals surface area contributed by atoms with Crippen LogP contribution < -0.4 is 0 Å². The normalized spacial score (nSPS) is 26.5. The first-order chi connectivity index (χ1) is 9.02. The van der Waals surface area contributed by atoms with E-state index in [1.54, 1.807) is 18.4 Å². The molecule has 2 rings (SSSR count). The van der Waals surface area contributed by atoms with Gasteiger partial charge in [-0.2, -0.15) is 0 Å². The largest absolute Gasteiger partial charge is 0.468 e. The number of rotatable bonds is 5. The molecule has 1 N–H and O–H groups in total. The maximum absolute atomic E-state index is 11.6. The molecular formula is C12H16ClNO4S. The van der Waals surface area contributed by atoms with Crippen molar-refractivity contribution in [2.75, 3.05) is 18.1 Å². The predicted molar refractivity (Wildman–Crippen MR) is 72.6 cm³/mol. The lowest BCUT2D eigenvalue weighted by Crippen LogP contribution is -2.42. The summed E-state index contributed by atoms with van der Waals surface area (Å²) in [4.78, 5) is 1.85. The van der Waals surface area contributed by atoms with Crippen LogP contribution in [0.1, 0.15) is 5.76 Å². The number of nitrogens with zero attached hydrogens (tertiary/aromatic N) is 1. The Morgan fingerprint density at radius 3 is 2.84 bits per heavy atom. The number of aliphatic hydroxyl groups is 1. The second-order valence-corrected chi connectivity index (χ2v) is 6.99. The minimum atomic E-state index is -3.17. The highest BCUT2D eigenvalue weighted by Gasteiger charge is 2.39. The maximum Gasteiger partial charge on any atom is 0.154 e. The molecule has 19 heavy (non-hydrogen) atoms. The molecule has 0 amide bonds. The Morgan fingerprint density at radius 1 is 1.53 bits per heavy atom. The van der Waals surface area contributed by atoms with E-state index in [1.165, 1.54) is 5.54 Å². The van der Waals surface area contributed by atoms with Crippen LogP contribution >= 0.6 is 11.6 Å². The Labute approximate surface area is 117 Å². The van der Waals surface area contributed by atoms with Crippen LogP contribution in [-0.4, -0.2) is 48.6 Å². The summed E-state index contributed by atoms with van der Waals surface area (Å²) in [6, 6.07) is 3.16. The minimum absolute atomic E-state index is 0.0367. The van der Waals surface area contributed by atoms with Crippen LogP contribution in [0.4, 0.5) is 0 Å². The third-order valence-electron chi connectivity index (χ3n) is 3.13. The zero-order chi connectivity index (χ0) is 13.9. The Balaban J connectivity index is 2.13. The van der Waals surface area contributed by atoms with Gasteiger partial charge in [0.15, 0.2) is 9.84 Å². The van der Waals surface area contributed by atoms with Gasteiger partial charge in [0, 0.05) is 12.1 Å². The number of sulfone groups is 1. The molecule has 2 heterocycles. The first kappa shape index (κ1) is 14.6. The number of furan rings is 1. The molecule has 1 saturated heterocycles. The zero-order valence-corrected chi connectivity index (χ0v) is 11.8. The van der Waals surface area contributed by atoms with E-state index < -0.39 is 22.0 Å². The van der Waals surface area contributed by atoms with E-state index >= 15 is 0 Å². The van der Waals surface area contributed by atoms with Crippen LogP contribution in [0, 0.1) is 0 Å². The molecule has 0 radical (unpaired) electrons. The molecule has 1 fully saturated rings. The van der Waals surface area contributed by atoms with Gasteiger partial charge < -0.3 is 9.52 Å².